The van der Waals surface area contributed by atoms with Crippen molar-refractivity contribution in [3.8, 4) is 0 Å². The molecule has 0 aliphatic rings. The molecule has 128 valence electrons. The SMILES string of the molecule is CSCCCCC(=S)CCCC(=O)N(C)[C@H](C(=O)O)C(C)C. The van der Waals surface area contributed by atoms with Crippen molar-refractivity contribution in [2.75, 3.05) is 19.1 Å². The van der Waals surface area contributed by atoms with E-state index in [-0.39, 0.29) is 11.8 Å². The monoisotopic (exact) mass is 347 g/mol. The first-order valence-corrected chi connectivity index (χ1v) is 9.60. The molecule has 0 radical (unpaired) electrons. The van der Waals surface area contributed by atoms with Gasteiger partial charge >= 0.3 is 5.97 Å². The summed E-state index contributed by atoms with van der Waals surface area (Å²) in [6.45, 7) is 3.62. The Morgan fingerprint density at radius 2 is 1.73 bits per heavy atom. The summed E-state index contributed by atoms with van der Waals surface area (Å²) < 4.78 is 0. The first-order chi connectivity index (χ1) is 10.3. The van der Waals surface area contributed by atoms with Crippen molar-refractivity contribution in [3.63, 3.8) is 0 Å². The molecule has 0 aliphatic carbocycles. The second-order valence-electron chi connectivity index (χ2n) is 5.87. The van der Waals surface area contributed by atoms with E-state index in [1.165, 1.54) is 11.3 Å². The van der Waals surface area contributed by atoms with E-state index >= 15 is 0 Å². The molecule has 22 heavy (non-hydrogen) atoms. The average molecular weight is 348 g/mol. The molecule has 0 rings (SSSR count). The summed E-state index contributed by atoms with van der Waals surface area (Å²) in [6, 6.07) is -0.758. The lowest BCUT2D eigenvalue weighted by molar-refractivity contribution is -0.151. The number of amides is 1. The van der Waals surface area contributed by atoms with E-state index in [1.807, 2.05) is 25.6 Å². The van der Waals surface area contributed by atoms with Crippen LogP contribution in [-0.4, -0.2) is 51.8 Å². The van der Waals surface area contributed by atoms with Crippen LogP contribution < -0.4 is 0 Å². The van der Waals surface area contributed by atoms with E-state index in [0.717, 1.165) is 29.9 Å². The summed E-state index contributed by atoms with van der Waals surface area (Å²) in [4.78, 5) is 25.7. The van der Waals surface area contributed by atoms with Gasteiger partial charge in [-0.25, -0.2) is 4.79 Å². The molecule has 0 aromatic carbocycles. The van der Waals surface area contributed by atoms with Gasteiger partial charge in [0.2, 0.25) is 5.91 Å². The van der Waals surface area contributed by atoms with Crippen LogP contribution in [0, 0.1) is 5.92 Å². The number of aliphatic carboxylic acids is 1. The van der Waals surface area contributed by atoms with Crippen molar-refractivity contribution in [1.82, 2.24) is 4.90 Å². The smallest absolute Gasteiger partial charge is 0.326 e. The normalized spacial score (nSPS) is 12.2. The number of nitrogens with zero attached hydrogens (tertiary/aromatic N) is 1. The lowest BCUT2D eigenvalue weighted by atomic mass is 10.0. The maximum Gasteiger partial charge on any atom is 0.326 e. The van der Waals surface area contributed by atoms with Crippen LogP contribution in [0.3, 0.4) is 0 Å². The van der Waals surface area contributed by atoms with Gasteiger partial charge in [-0.2, -0.15) is 11.8 Å². The molecule has 0 bridgehead atoms. The summed E-state index contributed by atoms with van der Waals surface area (Å²) in [5, 5.41) is 9.20. The number of carboxylic acids is 1. The molecule has 0 saturated heterocycles. The largest absolute Gasteiger partial charge is 0.480 e. The minimum atomic E-state index is -0.949. The van der Waals surface area contributed by atoms with Crippen molar-refractivity contribution in [1.29, 1.82) is 0 Å². The van der Waals surface area contributed by atoms with Crippen LogP contribution in [0.25, 0.3) is 0 Å². The van der Waals surface area contributed by atoms with Gasteiger partial charge in [-0.15, -0.1) is 0 Å². The quantitative estimate of drug-likeness (QED) is 0.431. The maximum absolute atomic E-state index is 12.1. The Balaban J connectivity index is 4.07. The van der Waals surface area contributed by atoms with Crippen molar-refractivity contribution in [2.45, 2.75) is 58.4 Å². The fourth-order valence-electron chi connectivity index (χ4n) is 2.36. The van der Waals surface area contributed by atoms with E-state index < -0.39 is 12.0 Å². The molecule has 0 aromatic heterocycles. The van der Waals surface area contributed by atoms with Crippen LogP contribution in [0.5, 0.6) is 0 Å². The van der Waals surface area contributed by atoms with Gasteiger partial charge in [0.1, 0.15) is 6.04 Å². The Bertz CT molecular complexity index is 372. The van der Waals surface area contributed by atoms with Crippen LogP contribution in [0.1, 0.15) is 52.4 Å². The van der Waals surface area contributed by atoms with Gasteiger partial charge in [0.05, 0.1) is 0 Å². The molecule has 1 amide bonds. The molecule has 0 aliphatic heterocycles. The number of carbonyl (C=O) groups excluding carboxylic acids is 1. The van der Waals surface area contributed by atoms with Gasteiger partial charge in [0.15, 0.2) is 0 Å². The topological polar surface area (TPSA) is 57.6 Å². The third-order valence-corrected chi connectivity index (χ3v) is 4.70. The van der Waals surface area contributed by atoms with Crippen molar-refractivity contribution in [2.24, 2.45) is 5.92 Å². The van der Waals surface area contributed by atoms with E-state index in [4.69, 9.17) is 12.2 Å². The van der Waals surface area contributed by atoms with Crippen LogP contribution in [-0.2, 0) is 9.59 Å². The predicted octanol–water partition coefficient (Wildman–Crippen LogP) is 3.63. The molecule has 1 atom stereocenters. The Morgan fingerprint density at radius 1 is 1.14 bits per heavy atom. The molecule has 0 fully saturated rings. The second-order valence-corrected chi connectivity index (χ2v) is 7.44. The zero-order valence-corrected chi connectivity index (χ0v) is 15.8. The van der Waals surface area contributed by atoms with Gasteiger partial charge in [-0.1, -0.05) is 26.1 Å². The highest BCUT2D eigenvalue weighted by Crippen LogP contribution is 2.13. The van der Waals surface area contributed by atoms with Gasteiger partial charge in [-0.05, 0) is 54.9 Å². The maximum atomic E-state index is 12.1. The fraction of sp³-hybridized carbons (Fsp3) is 0.812. The number of carbonyl (C=O) groups is 2. The zero-order chi connectivity index (χ0) is 17.1. The highest BCUT2D eigenvalue weighted by atomic mass is 32.2. The fourth-order valence-corrected chi connectivity index (χ4v) is 3.14. The van der Waals surface area contributed by atoms with Crippen LogP contribution in [0.15, 0.2) is 0 Å². The van der Waals surface area contributed by atoms with Crippen LogP contribution in [0.2, 0.25) is 0 Å². The molecular weight excluding hydrogens is 318 g/mol. The van der Waals surface area contributed by atoms with E-state index in [0.29, 0.717) is 12.8 Å². The number of hydrogen-bond donors (Lipinski definition) is 1. The summed E-state index contributed by atoms with van der Waals surface area (Å²) in [5.74, 6) is -0.0112. The Hall–Kier alpha value is -0.620. The number of hydrogen-bond acceptors (Lipinski definition) is 4. The first kappa shape index (κ1) is 21.4. The van der Waals surface area contributed by atoms with Gasteiger partial charge in [-0.3, -0.25) is 4.79 Å². The molecule has 0 unspecified atom stereocenters. The van der Waals surface area contributed by atoms with Crippen molar-refractivity contribution in [3.05, 3.63) is 0 Å². The Kier molecular flexibility index (Phi) is 11.5. The summed E-state index contributed by atoms with van der Waals surface area (Å²) in [6.07, 6.45) is 7.17. The second kappa shape index (κ2) is 11.9. The number of carboxylic acid groups (broad SMARTS) is 1. The summed E-state index contributed by atoms with van der Waals surface area (Å²) >= 11 is 7.17. The standard InChI is InChI=1S/C16H29NO3S2/c1-12(2)15(16(19)20)17(3)14(18)10-7-9-13(21)8-5-6-11-22-4/h12,15H,5-11H2,1-4H3,(H,19,20)/t15-/m0/s1. The third-order valence-electron chi connectivity index (χ3n) is 3.60. The number of thiocarbonyl (C=S) groups is 1. The number of likely N-dealkylation sites (N-methyl/N-ethyl adjacent to an activating group) is 1. The Morgan fingerprint density at radius 3 is 2.23 bits per heavy atom. The predicted molar refractivity (Wildman–Crippen MR) is 97.7 cm³/mol. The highest BCUT2D eigenvalue weighted by Gasteiger charge is 2.28. The summed E-state index contributed by atoms with van der Waals surface area (Å²) in [5.41, 5.74) is 0. The molecule has 1 N–H and O–H groups in total. The van der Waals surface area contributed by atoms with Gasteiger partial charge < -0.3 is 10.0 Å². The number of unbranched alkanes of at least 4 members (excludes halogenated alkanes) is 1. The minimum absolute atomic E-state index is 0.107. The lowest BCUT2D eigenvalue weighted by Crippen LogP contribution is -2.45. The molecule has 0 heterocycles. The van der Waals surface area contributed by atoms with Crippen molar-refractivity contribution < 1.29 is 14.7 Å². The zero-order valence-electron chi connectivity index (χ0n) is 14.1. The Labute approximate surface area is 144 Å². The van der Waals surface area contributed by atoms with Crippen LogP contribution >= 0.6 is 24.0 Å². The highest BCUT2D eigenvalue weighted by molar-refractivity contribution is 7.98. The van der Waals surface area contributed by atoms with Crippen LogP contribution in [0.4, 0.5) is 0 Å². The van der Waals surface area contributed by atoms with E-state index in [1.54, 1.807) is 7.05 Å². The molecule has 4 nitrogen and oxygen atoms in total. The van der Waals surface area contributed by atoms with E-state index in [9.17, 15) is 14.7 Å². The number of rotatable bonds is 12. The first-order valence-electron chi connectivity index (χ1n) is 7.80. The molecular formula is C16H29NO3S2. The molecule has 6 heteroatoms. The van der Waals surface area contributed by atoms with Crippen molar-refractivity contribution >= 4 is 40.7 Å². The lowest BCUT2D eigenvalue weighted by Gasteiger charge is -2.27. The van der Waals surface area contributed by atoms with Gasteiger partial charge in [0, 0.05) is 13.5 Å². The molecule has 0 spiro atoms. The van der Waals surface area contributed by atoms with Gasteiger partial charge in [0.25, 0.3) is 0 Å². The minimum Gasteiger partial charge on any atom is -0.480 e. The average Bonchev–Trinajstić information content (AvgIpc) is 2.42. The third kappa shape index (κ3) is 8.73. The molecule has 0 saturated carbocycles. The number of thioether (sulfide) groups is 1. The summed E-state index contributed by atoms with van der Waals surface area (Å²) in [7, 11) is 1.57. The van der Waals surface area contributed by atoms with E-state index in [2.05, 4.69) is 6.26 Å². The molecule has 0 aromatic rings.